The molecule has 0 N–H and O–H groups in total. The topological polar surface area (TPSA) is 0 Å². The Labute approximate surface area is 60.9 Å². The summed E-state index contributed by atoms with van der Waals surface area (Å²) in [4.78, 5) is 0. The van der Waals surface area contributed by atoms with Gasteiger partial charge in [-0.3, -0.25) is 0 Å². The first kappa shape index (κ1) is 4.95. The molecule has 0 spiro atoms. The van der Waals surface area contributed by atoms with Crippen LogP contribution in [-0.2, 0) is 0 Å². The minimum absolute atomic E-state index is 0.763. The van der Waals surface area contributed by atoms with E-state index in [9.17, 15) is 0 Å². The summed E-state index contributed by atoms with van der Waals surface area (Å²) < 4.78 is 0. The second-order valence-electron chi connectivity index (χ2n) is 3.45. The van der Waals surface area contributed by atoms with Crippen molar-refractivity contribution in [3.8, 4) is 0 Å². The van der Waals surface area contributed by atoms with Gasteiger partial charge >= 0.3 is 0 Å². The summed E-state index contributed by atoms with van der Waals surface area (Å²) in [7, 11) is 0. The van der Waals surface area contributed by atoms with Crippen LogP contribution in [-0.4, -0.2) is 0 Å². The Kier molecular flexibility index (Phi) is 0.715. The van der Waals surface area contributed by atoms with Crippen molar-refractivity contribution in [3.63, 3.8) is 0 Å². The van der Waals surface area contributed by atoms with Gasteiger partial charge in [-0.15, -0.1) is 0 Å². The molecule has 0 unspecified atom stereocenters. The van der Waals surface area contributed by atoms with Crippen LogP contribution in [0.15, 0.2) is 36.0 Å². The summed E-state index contributed by atoms with van der Waals surface area (Å²) in [6.07, 6.45) is 13.1. The average molecular weight is 130 g/mol. The van der Waals surface area contributed by atoms with Gasteiger partial charge in [0.25, 0.3) is 0 Å². The zero-order chi connectivity index (χ0) is 6.55. The van der Waals surface area contributed by atoms with Crippen LogP contribution in [0.1, 0.15) is 6.42 Å². The van der Waals surface area contributed by atoms with Gasteiger partial charge in [-0.1, -0.05) is 30.4 Å². The summed E-state index contributed by atoms with van der Waals surface area (Å²) >= 11 is 0. The number of rotatable bonds is 0. The monoisotopic (exact) mass is 130 g/mol. The summed E-state index contributed by atoms with van der Waals surface area (Å²) in [6.45, 7) is 0. The first-order valence-corrected chi connectivity index (χ1v) is 4.02. The predicted molar refractivity (Wildman–Crippen MR) is 41.5 cm³/mol. The van der Waals surface area contributed by atoms with Gasteiger partial charge in [0.15, 0.2) is 0 Å². The molecule has 0 aromatic heterocycles. The molecule has 0 aliphatic heterocycles. The summed E-state index contributed by atoms with van der Waals surface area (Å²) in [5.41, 5.74) is 1.60. The molecule has 0 aromatic carbocycles. The molecule has 0 saturated heterocycles. The van der Waals surface area contributed by atoms with Gasteiger partial charge in [0.05, 0.1) is 0 Å². The Hall–Kier alpha value is -0.780. The molecule has 0 nitrogen and oxygen atoms in total. The fourth-order valence-electron chi connectivity index (χ4n) is 2.48. The van der Waals surface area contributed by atoms with E-state index >= 15 is 0 Å². The van der Waals surface area contributed by atoms with E-state index in [1.54, 1.807) is 5.57 Å². The molecule has 0 radical (unpaired) electrons. The lowest BCUT2D eigenvalue weighted by Gasteiger charge is -2.11. The fourth-order valence-corrected chi connectivity index (χ4v) is 2.48. The Balaban J connectivity index is 2.16. The van der Waals surface area contributed by atoms with E-state index in [1.165, 1.54) is 6.42 Å². The quantitative estimate of drug-likeness (QED) is 0.441. The lowest BCUT2D eigenvalue weighted by Crippen LogP contribution is -2.06. The van der Waals surface area contributed by atoms with Crippen LogP contribution in [0, 0.1) is 17.8 Å². The van der Waals surface area contributed by atoms with Crippen molar-refractivity contribution in [2.45, 2.75) is 6.42 Å². The zero-order valence-corrected chi connectivity index (χ0v) is 5.83. The summed E-state index contributed by atoms with van der Waals surface area (Å²) in [6, 6.07) is 0. The molecule has 0 amide bonds. The molecular weight excluding hydrogens is 120 g/mol. The molecule has 3 atom stereocenters. The molecule has 10 heavy (non-hydrogen) atoms. The molecule has 0 aromatic rings. The van der Waals surface area contributed by atoms with Crippen LogP contribution in [0.5, 0.6) is 0 Å². The third-order valence-corrected chi connectivity index (χ3v) is 2.98. The smallest absolute Gasteiger partial charge is 0.00243 e. The third kappa shape index (κ3) is 0.406. The highest BCUT2D eigenvalue weighted by Crippen LogP contribution is 2.48. The molecule has 3 aliphatic carbocycles. The summed E-state index contributed by atoms with van der Waals surface area (Å²) in [5, 5.41) is 0. The Morgan fingerprint density at radius 1 is 1.20 bits per heavy atom. The van der Waals surface area contributed by atoms with E-state index in [0.717, 1.165) is 17.8 Å². The van der Waals surface area contributed by atoms with Gasteiger partial charge < -0.3 is 0 Å². The van der Waals surface area contributed by atoms with Gasteiger partial charge in [0.1, 0.15) is 0 Å². The van der Waals surface area contributed by atoms with E-state index in [1.807, 2.05) is 0 Å². The van der Waals surface area contributed by atoms with Crippen molar-refractivity contribution in [1.29, 1.82) is 0 Å². The largest absolute Gasteiger partial charge is 0.0839 e. The normalized spacial score (nSPS) is 46.4. The maximum absolute atomic E-state index is 2.40. The lowest BCUT2D eigenvalue weighted by molar-refractivity contribution is 0.489. The van der Waals surface area contributed by atoms with Crippen LogP contribution in [0.4, 0.5) is 0 Å². The highest BCUT2D eigenvalue weighted by Gasteiger charge is 2.37. The zero-order valence-electron chi connectivity index (χ0n) is 5.83. The first-order valence-electron chi connectivity index (χ1n) is 4.02. The van der Waals surface area contributed by atoms with Crippen molar-refractivity contribution in [1.82, 2.24) is 0 Å². The fraction of sp³-hybridized carbons (Fsp3) is 0.400. The second kappa shape index (κ2) is 1.45. The highest BCUT2D eigenvalue weighted by molar-refractivity contribution is 5.41. The van der Waals surface area contributed by atoms with E-state index in [0.29, 0.717) is 0 Å². The standard InChI is InChI=1S/C10H10/c1-2-8-5-6-9-4-3-7(1)10(8)9/h1-5,7,9-10H,6H2/t7-,9-,10-/m1/s1. The molecular formula is C10H10. The van der Waals surface area contributed by atoms with Crippen molar-refractivity contribution in [2.24, 2.45) is 17.8 Å². The first-order chi connectivity index (χ1) is 4.95. The van der Waals surface area contributed by atoms with Crippen molar-refractivity contribution >= 4 is 0 Å². The van der Waals surface area contributed by atoms with Gasteiger partial charge in [-0.25, -0.2) is 0 Å². The number of hydrogen-bond acceptors (Lipinski definition) is 0. The maximum Gasteiger partial charge on any atom is 0.00243 e. The van der Waals surface area contributed by atoms with Crippen LogP contribution in [0.2, 0.25) is 0 Å². The Morgan fingerprint density at radius 3 is 3.20 bits per heavy atom. The van der Waals surface area contributed by atoms with Crippen molar-refractivity contribution < 1.29 is 0 Å². The minimum Gasteiger partial charge on any atom is -0.0839 e. The van der Waals surface area contributed by atoms with Crippen molar-refractivity contribution in [3.05, 3.63) is 36.0 Å². The second-order valence-corrected chi connectivity index (χ2v) is 3.45. The average Bonchev–Trinajstić information content (AvgIpc) is 2.56. The van der Waals surface area contributed by atoms with Crippen LogP contribution in [0.3, 0.4) is 0 Å². The highest BCUT2D eigenvalue weighted by atomic mass is 14.4. The molecule has 0 heteroatoms. The number of hydrogen-bond donors (Lipinski definition) is 0. The predicted octanol–water partition coefficient (Wildman–Crippen LogP) is 2.30. The molecule has 0 bridgehead atoms. The Morgan fingerprint density at radius 2 is 2.20 bits per heavy atom. The Bertz CT molecular complexity index is 255. The number of allylic oxidation sites excluding steroid dienone is 6. The molecule has 0 saturated carbocycles. The minimum atomic E-state index is 0.763. The van der Waals surface area contributed by atoms with Gasteiger partial charge in [-0.2, -0.15) is 0 Å². The van der Waals surface area contributed by atoms with Gasteiger partial charge in [-0.05, 0) is 23.8 Å². The van der Waals surface area contributed by atoms with Crippen LogP contribution in [0.25, 0.3) is 0 Å². The molecule has 0 heterocycles. The summed E-state index contributed by atoms with van der Waals surface area (Å²) in [5.74, 6) is 2.48. The van der Waals surface area contributed by atoms with E-state index < -0.39 is 0 Å². The van der Waals surface area contributed by atoms with Gasteiger partial charge in [0.2, 0.25) is 0 Å². The van der Waals surface area contributed by atoms with Gasteiger partial charge in [0, 0.05) is 5.92 Å². The van der Waals surface area contributed by atoms with E-state index in [2.05, 4.69) is 30.4 Å². The van der Waals surface area contributed by atoms with Crippen LogP contribution >= 0.6 is 0 Å². The molecule has 50 valence electrons. The van der Waals surface area contributed by atoms with Crippen molar-refractivity contribution in [2.75, 3.05) is 0 Å². The third-order valence-electron chi connectivity index (χ3n) is 2.98. The molecule has 3 aliphatic rings. The lowest BCUT2D eigenvalue weighted by atomic mass is 9.92. The van der Waals surface area contributed by atoms with E-state index in [-0.39, 0.29) is 0 Å². The van der Waals surface area contributed by atoms with E-state index in [4.69, 9.17) is 0 Å². The maximum atomic E-state index is 2.40. The SMILES string of the molecule is C1=C[C@@H]2C=C[C@@H]3CC=C1[C@@H]23. The molecule has 0 fully saturated rings. The van der Waals surface area contributed by atoms with Crippen LogP contribution < -0.4 is 0 Å². The molecule has 3 rings (SSSR count).